The van der Waals surface area contributed by atoms with Crippen LogP contribution in [0.15, 0.2) is 24.3 Å². The van der Waals surface area contributed by atoms with Crippen molar-refractivity contribution in [1.82, 2.24) is 4.90 Å². The molecule has 0 aliphatic heterocycles. The molecule has 0 N–H and O–H groups in total. The molecule has 0 heterocycles. The fraction of sp³-hybridized carbons (Fsp3) is 0.273. The van der Waals surface area contributed by atoms with Crippen molar-refractivity contribution in [2.75, 3.05) is 20.7 Å². The topological polar surface area (TPSA) is 55.8 Å². The monoisotopic (exact) mass is 223 g/mol. The van der Waals surface area contributed by atoms with Gasteiger partial charge in [0, 0.05) is 7.05 Å². The molecule has 16 heavy (non-hydrogen) atoms. The Morgan fingerprint density at radius 1 is 1.31 bits per heavy atom. The van der Waals surface area contributed by atoms with Gasteiger partial charge in [0.2, 0.25) is 0 Å². The van der Waals surface area contributed by atoms with Crippen LogP contribution < -0.4 is 9.47 Å². The van der Waals surface area contributed by atoms with Crippen LogP contribution in [0.1, 0.15) is 0 Å². The molecule has 0 saturated carbocycles. The number of hydrogen-bond donors (Lipinski definition) is 0. The van der Waals surface area contributed by atoms with E-state index < -0.39 is 6.09 Å². The van der Waals surface area contributed by atoms with Crippen LogP contribution in [0.25, 0.3) is 0 Å². The third-order valence-corrected chi connectivity index (χ3v) is 1.92. The number of amides is 1. The number of nitrogens with zero attached hydrogens (tertiary/aromatic N) is 1. The van der Waals surface area contributed by atoms with E-state index in [0.717, 1.165) is 0 Å². The maximum atomic E-state index is 11.4. The number of carbonyl (C=O) groups excluding carboxylic acids is 2. The lowest BCUT2D eigenvalue weighted by Gasteiger charge is -2.13. The summed E-state index contributed by atoms with van der Waals surface area (Å²) in [5.41, 5.74) is 0. The van der Waals surface area contributed by atoms with Crippen LogP contribution in [-0.4, -0.2) is 38.0 Å². The molecule has 0 aromatic heterocycles. The lowest BCUT2D eigenvalue weighted by molar-refractivity contribution is -0.108. The van der Waals surface area contributed by atoms with E-state index in [1.54, 1.807) is 31.4 Å². The van der Waals surface area contributed by atoms with Crippen LogP contribution in [0, 0.1) is 0 Å². The third kappa shape index (κ3) is 3.27. The molecule has 0 saturated heterocycles. The van der Waals surface area contributed by atoms with Gasteiger partial charge in [-0.05, 0) is 24.3 Å². The highest BCUT2D eigenvalue weighted by Crippen LogP contribution is 2.17. The minimum Gasteiger partial charge on any atom is -0.497 e. The van der Waals surface area contributed by atoms with Crippen molar-refractivity contribution >= 4 is 12.4 Å². The smallest absolute Gasteiger partial charge is 0.415 e. The summed E-state index contributed by atoms with van der Waals surface area (Å²) in [6.07, 6.45) is 0.0622. The Kier molecular flexibility index (Phi) is 4.32. The molecular formula is C11H13NO4. The molecule has 5 nitrogen and oxygen atoms in total. The van der Waals surface area contributed by atoms with Gasteiger partial charge in [0.15, 0.2) is 0 Å². The first-order valence-corrected chi connectivity index (χ1v) is 4.68. The quantitative estimate of drug-likeness (QED) is 0.722. The van der Waals surface area contributed by atoms with Gasteiger partial charge < -0.3 is 19.2 Å². The van der Waals surface area contributed by atoms with Gasteiger partial charge in [-0.2, -0.15) is 0 Å². The second-order valence-electron chi connectivity index (χ2n) is 3.09. The second-order valence-corrected chi connectivity index (χ2v) is 3.09. The first-order chi connectivity index (χ1) is 7.67. The number of ether oxygens (including phenoxy) is 2. The van der Waals surface area contributed by atoms with Crippen molar-refractivity contribution in [3.05, 3.63) is 24.3 Å². The van der Waals surface area contributed by atoms with Crippen molar-refractivity contribution in [3.8, 4) is 11.5 Å². The SMILES string of the molecule is COc1ccc(OC(=O)N(C)CC=O)cc1. The lowest BCUT2D eigenvalue weighted by atomic mass is 10.3. The predicted molar refractivity (Wildman–Crippen MR) is 57.7 cm³/mol. The van der Waals surface area contributed by atoms with E-state index in [9.17, 15) is 9.59 Å². The summed E-state index contributed by atoms with van der Waals surface area (Å²) in [7, 11) is 3.04. The first kappa shape index (κ1) is 12.0. The second kappa shape index (κ2) is 5.75. The highest BCUT2D eigenvalue weighted by molar-refractivity contribution is 5.73. The third-order valence-electron chi connectivity index (χ3n) is 1.92. The number of methoxy groups -OCH3 is 1. The van der Waals surface area contributed by atoms with E-state index in [1.807, 2.05) is 0 Å². The summed E-state index contributed by atoms with van der Waals surface area (Å²) in [6, 6.07) is 6.60. The molecule has 0 aliphatic rings. The van der Waals surface area contributed by atoms with Crippen LogP contribution in [0.3, 0.4) is 0 Å². The maximum absolute atomic E-state index is 11.4. The zero-order chi connectivity index (χ0) is 12.0. The van der Waals surface area contributed by atoms with Crippen LogP contribution in [-0.2, 0) is 4.79 Å². The van der Waals surface area contributed by atoms with Crippen LogP contribution >= 0.6 is 0 Å². The average Bonchev–Trinajstić information content (AvgIpc) is 2.30. The van der Waals surface area contributed by atoms with E-state index in [2.05, 4.69) is 0 Å². The fourth-order valence-electron chi connectivity index (χ4n) is 1.01. The van der Waals surface area contributed by atoms with Gasteiger partial charge in [-0.15, -0.1) is 0 Å². The molecule has 5 heteroatoms. The Morgan fingerprint density at radius 2 is 1.88 bits per heavy atom. The van der Waals surface area contributed by atoms with Crippen molar-refractivity contribution in [2.24, 2.45) is 0 Å². The van der Waals surface area contributed by atoms with Crippen LogP contribution in [0.4, 0.5) is 4.79 Å². The Morgan fingerprint density at radius 3 is 2.38 bits per heavy atom. The van der Waals surface area contributed by atoms with Gasteiger partial charge >= 0.3 is 6.09 Å². The standard InChI is InChI=1S/C11H13NO4/c1-12(7-8-13)11(14)16-10-5-3-9(15-2)4-6-10/h3-6,8H,7H2,1-2H3. The largest absolute Gasteiger partial charge is 0.497 e. The summed E-state index contributed by atoms with van der Waals surface area (Å²) in [6.45, 7) is 0.00892. The number of hydrogen-bond acceptors (Lipinski definition) is 4. The normalized spacial score (nSPS) is 9.38. The van der Waals surface area contributed by atoms with Gasteiger partial charge in [0.05, 0.1) is 13.7 Å². The fourth-order valence-corrected chi connectivity index (χ4v) is 1.01. The summed E-state index contributed by atoms with van der Waals surface area (Å²) in [5, 5.41) is 0. The van der Waals surface area contributed by atoms with Gasteiger partial charge in [-0.3, -0.25) is 0 Å². The van der Waals surface area contributed by atoms with E-state index in [4.69, 9.17) is 9.47 Å². The van der Waals surface area contributed by atoms with E-state index in [-0.39, 0.29) is 6.54 Å². The Labute approximate surface area is 93.6 Å². The number of likely N-dealkylation sites (N-methyl/N-ethyl adjacent to an activating group) is 1. The highest BCUT2D eigenvalue weighted by atomic mass is 16.6. The van der Waals surface area contributed by atoms with E-state index >= 15 is 0 Å². The molecule has 0 fully saturated rings. The average molecular weight is 223 g/mol. The summed E-state index contributed by atoms with van der Waals surface area (Å²) < 4.78 is 9.96. The lowest BCUT2D eigenvalue weighted by Crippen LogP contribution is -2.31. The molecular weight excluding hydrogens is 210 g/mol. The molecule has 86 valence electrons. The summed E-state index contributed by atoms with van der Waals surface area (Å²) in [4.78, 5) is 22.7. The molecule has 1 amide bonds. The Hall–Kier alpha value is -2.04. The molecule has 1 rings (SSSR count). The zero-order valence-corrected chi connectivity index (χ0v) is 9.17. The molecule has 1 aromatic carbocycles. The highest BCUT2D eigenvalue weighted by Gasteiger charge is 2.10. The number of rotatable bonds is 4. The molecule has 0 spiro atoms. The van der Waals surface area contributed by atoms with Crippen LogP contribution in [0.2, 0.25) is 0 Å². The van der Waals surface area contributed by atoms with Crippen molar-refractivity contribution in [3.63, 3.8) is 0 Å². The van der Waals surface area contributed by atoms with Gasteiger partial charge in [0.1, 0.15) is 17.8 Å². The molecule has 0 aliphatic carbocycles. The van der Waals surface area contributed by atoms with Gasteiger partial charge in [-0.1, -0.05) is 0 Å². The van der Waals surface area contributed by atoms with Crippen molar-refractivity contribution in [2.45, 2.75) is 0 Å². The maximum Gasteiger partial charge on any atom is 0.415 e. The number of carbonyl (C=O) groups is 2. The van der Waals surface area contributed by atoms with E-state index in [1.165, 1.54) is 11.9 Å². The van der Waals surface area contributed by atoms with Gasteiger partial charge in [0.25, 0.3) is 0 Å². The van der Waals surface area contributed by atoms with Crippen molar-refractivity contribution in [1.29, 1.82) is 0 Å². The zero-order valence-electron chi connectivity index (χ0n) is 9.17. The molecule has 0 atom stereocenters. The van der Waals surface area contributed by atoms with Gasteiger partial charge in [-0.25, -0.2) is 4.79 Å². The minimum atomic E-state index is -0.572. The first-order valence-electron chi connectivity index (χ1n) is 4.68. The Bertz CT molecular complexity index is 361. The molecule has 0 bridgehead atoms. The minimum absolute atomic E-state index is 0.00892. The van der Waals surface area contributed by atoms with Crippen LogP contribution in [0.5, 0.6) is 11.5 Å². The van der Waals surface area contributed by atoms with Crippen molar-refractivity contribution < 1.29 is 19.1 Å². The molecule has 0 unspecified atom stereocenters. The number of aldehydes is 1. The predicted octanol–water partition coefficient (Wildman–Crippen LogP) is 1.32. The van der Waals surface area contributed by atoms with E-state index in [0.29, 0.717) is 17.8 Å². The number of benzene rings is 1. The Balaban J connectivity index is 2.58. The molecule has 0 radical (unpaired) electrons. The summed E-state index contributed by atoms with van der Waals surface area (Å²) >= 11 is 0. The summed E-state index contributed by atoms with van der Waals surface area (Å²) in [5.74, 6) is 1.09. The molecule has 1 aromatic rings.